The van der Waals surface area contributed by atoms with Crippen molar-refractivity contribution in [2.45, 2.75) is 19.1 Å². The second-order valence-electron chi connectivity index (χ2n) is 8.39. The average molecular weight is 486 g/mol. The third kappa shape index (κ3) is 5.69. The Morgan fingerprint density at radius 1 is 1.20 bits per heavy atom. The van der Waals surface area contributed by atoms with Gasteiger partial charge in [-0.1, -0.05) is 30.3 Å². The molecule has 0 spiro atoms. The molecule has 2 atom stereocenters. The fourth-order valence-corrected chi connectivity index (χ4v) is 4.10. The number of anilines is 2. The summed E-state index contributed by atoms with van der Waals surface area (Å²) in [4.78, 5) is 39.2. The van der Waals surface area contributed by atoms with Crippen LogP contribution in [0.15, 0.2) is 48.5 Å². The Morgan fingerprint density at radius 2 is 1.97 bits per heavy atom. The van der Waals surface area contributed by atoms with Gasteiger partial charge in [-0.15, -0.1) is 0 Å². The van der Waals surface area contributed by atoms with Crippen LogP contribution >= 0.6 is 0 Å². The first-order valence-electron chi connectivity index (χ1n) is 11.4. The first kappa shape index (κ1) is 24.4. The van der Waals surface area contributed by atoms with Crippen molar-refractivity contribution < 1.29 is 28.6 Å². The fourth-order valence-electron chi connectivity index (χ4n) is 4.10. The molecule has 2 aromatic rings. The number of nitrogens with zero attached hydrogens (tertiary/aromatic N) is 3. The Hall–Kier alpha value is -3.70. The molecule has 0 radical (unpaired) electrons. The zero-order valence-electron chi connectivity index (χ0n) is 19.3. The second-order valence-corrected chi connectivity index (χ2v) is 8.39. The first-order chi connectivity index (χ1) is 16.8. The Labute approximate surface area is 202 Å². The largest absolute Gasteiger partial charge is 0.442 e. The van der Waals surface area contributed by atoms with Gasteiger partial charge in [-0.3, -0.25) is 19.5 Å². The second kappa shape index (κ2) is 10.7. The highest BCUT2D eigenvalue weighted by Gasteiger charge is 2.33. The fraction of sp³-hybridized carbons (Fsp3) is 0.375. The van der Waals surface area contributed by atoms with Crippen molar-refractivity contribution in [1.82, 2.24) is 15.8 Å². The molecule has 11 heteroatoms. The van der Waals surface area contributed by atoms with Gasteiger partial charge in [0, 0.05) is 26.6 Å². The Balaban J connectivity index is 1.39. The number of ether oxygens (including phenoxy) is 1. The summed E-state index contributed by atoms with van der Waals surface area (Å²) in [6.45, 7) is 3.17. The van der Waals surface area contributed by atoms with Crippen LogP contribution in [0.1, 0.15) is 18.6 Å². The number of rotatable bonds is 6. The van der Waals surface area contributed by atoms with E-state index < -0.39 is 30.0 Å². The molecule has 3 amide bonds. The smallest absolute Gasteiger partial charge is 0.414 e. The number of amides is 3. The molecule has 0 saturated carbocycles. The SMILES string of the molecule is CC(=O)NC[C@H]1CN(c2ccc(N3CCNN(C(=O)[C@H](O)c4ccccc4)CC3)c(F)c2)C(=O)O1. The van der Waals surface area contributed by atoms with Crippen LogP contribution in [0.4, 0.5) is 20.6 Å². The van der Waals surface area contributed by atoms with Gasteiger partial charge in [0.15, 0.2) is 6.10 Å². The summed E-state index contributed by atoms with van der Waals surface area (Å²) in [6, 6.07) is 13.2. The van der Waals surface area contributed by atoms with Gasteiger partial charge in [0.05, 0.1) is 31.0 Å². The predicted molar refractivity (Wildman–Crippen MR) is 126 cm³/mol. The van der Waals surface area contributed by atoms with Crippen LogP contribution in [0.3, 0.4) is 0 Å². The normalized spacial score (nSPS) is 19.2. The van der Waals surface area contributed by atoms with Crippen LogP contribution in [0.2, 0.25) is 0 Å². The number of hydrazine groups is 1. The third-order valence-electron chi connectivity index (χ3n) is 5.93. The minimum Gasteiger partial charge on any atom is -0.442 e. The molecule has 0 unspecified atom stereocenters. The number of aliphatic hydroxyl groups is 1. The molecule has 4 rings (SSSR count). The van der Waals surface area contributed by atoms with Crippen molar-refractivity contribution in [3.05, 3.63) is 59.9 Å². The molecule has 3 N–H and O–H groups in total. The number of cyclic esters (lactones) is 1. The lowest BCUT2D eigenvalue weighted by atomic mass is 10.1. The molecule has 0 aromatic heterocycles. The average Bonchev–Trinajstić information content (AvgIpc) is 3.06. The van der Waals surface area contributed by atoms with Gasteiger partial charge in [0.1, 0.15) is 11.9 Å². The molecule has 0 bridgehead atoms. The van der Waals surface area contributed by atoms with Gasteiger partial charge in [0.2, 0.25) is 5.91 Å². The Bertz CT molecular complexity index is 1090. The predicted octanol–water partition coefficient (Wildman–Crippen LogP) is 1.17. The van der Waals surface area contributed by atoms with E-state index in [0.29, 0.717) is 36.6 Å². The number of aliphatic hydroxyl groups excluding tert-OH is 1. The maximum atomic E-state index is 15.1. The third-order valence-corrected chi connectivity index (χ3v) is 5.93. The number of nitrogens with one attached hydrogen (secondary N) is 2. The van der Waals surface area contributed by atoms with E-state index in [1.54, 1.807) is 47.4 Å². The summed E-state index contributed by atoms with van der Waals surface area (Å²) < 4.78 is 20.3. The summed E-state index contributed by atoms with van der Waals surface area (Å²) >= 11 is 0. The zero-order valence-corrected chi connectivity index (χ0v) is 19.3. The molecule has 2 heterocycles. The van der Waals surface area contributed by atoms with E-state index in [9.17, 15) is 19.5 Å². The van der Waals surface area contributed by atoms with Crippen LogP contribution in [0.25, 0.3) is 0 Å². The topological polar surface area (TPSA) is 114 Å². The van der Waals surface area contributed by atoms with Crippen LogP contribution in [0.5, 0.6) is 0 Å². The molecule has 186 valence electrons. The van der Waals surface area contributed by atoms with Crippen LogP contribution in [0, 0.1) is 5.82 Å². The van der Waals surface area contributed by atoms with Gasteiger partial charge in [-0.2, -0.15) is 0 Å². The van der Waals surface area contributed by atoms with Crippen molar-refractivity contribution in [2.75, 3.05) is 49.1 Å². The minimum absolute atomic E-state index is 0.188. The Kier molecular flexibility index (Phi) is 7.47. The lowest BCUT2D eigenvalue weighted by Crippen LogP contribution is -2.46. The molecule has 10 nitrogen and oxygen atoms in total. The number of benzene rings is 2. The van der Waals surface area contributed by atoms with E-state index in [-0.39, 0.29) is 25.5 Å². The molecule has 2 aliphatic heterocycles. The molecule has 35 heavy (non-hydrogen) atoms. The minimum atomic E-state index is -1.29. The van der Waals surface area contributed by atoms with E-state index in [1.165, 1.54) is 22.9 Å². The molecular weight excluding hydrogens is 457 g/mol. The number of carbonyl (C=O) groups excluding carboxylic acids is 3. The lowest BCUT2D eigenvalue weighted by molar-refractivity contribution is -0.143. The highest BCUT2D eigenvalue weighted by molar-refractivity contribution is 5.90. The number of hydrogen-bond donors (Lipinski definition) is 3. The standard InChI is InChI=1S/C24H28FN5O5/c1-16(31)26-14-19-15-29(24(34)35-19)18-7-8-21(20(25)13-18)28-10-9-27-30(12-11-28)23(33)22(32)17-5-3-2-4-6-17/h2-8,13,19,22,27,32H,9-12,14-15H2,1H3,(H,26,31)/t19-,22+/m0/s1. The van der Waals surface area contributed by atoms with Crippen LogP contribution in [-0.2, 0) is 14.3 Å². The van der Waals surface area contributed by atoms with Crippen molar-refractivity contribution in [2.24, 2.45) is 0 Å². The summed E-state index contributed by atoms with van der Waals surface area (Å²) in [6.07, 6.45) is -2.40. The molecule has 0 aliphatic carbocycles. The number of hydrogen-bond acceptors (Lipinski definition) is 7. The maximum Gasteiger partial charge on any atom is 0.414 e. The van der Waals surface area contributed by atoms with E-state index in [0.717, 1.165) is 0 Å². The summed E-state index contributed by atoms with van der Waals surface area (Å²) in [5.74, 6) is -1.21. The summed E-state index contributed by atoms with van der Waals surface area (Å²) in [5.41, 5.74) is 4.20. The molecule has 2 saturated heterocycles. The monoisotopic (exact) mass is 485 g/mol. The van der Waals surface area contributed by atoms with Crippen LogP contribution < -0.4 is 20.5 Å². The lowest BCUT2D eigenvalue weighted by Gasteiger charge is -2.25. The van der Waals surface area contributed by atoms with Crippen molar-refractivity contribution in [3.63, 3.8) is 0 Å². The zero-order chi connectivity index (χ0) is 24.9. The maximum absolute atomic E-state index is 15.1. The van der Waals surface area contributed by atoms with Crippen molar-refractivity contribution in [3.8, 4) is 0 Å². The highest BCUT2D eigenvalue weighted by atomic mass is 19.1. The number of halogens is 1. The van der Waals surface area contributed by atoms with E-state index in [4.69, 9.17) is 4.74 Å². The van der Waals surface area contributed by atoms with E-state index in [2.05, 4.69) is 10.7 Å². The van der Waals surface area contributed by atoms with Gasteiger partial charge < -0.3 is 20.1 Å². The molecule has 2 fully saturated rings. The molecule has 2 aliphatic rings. The quantitative estimate of drug-likeness (QED) is 0.563. The van der Waals surface area contributed by atoms with E-state index >= 15 is 4.39 Å². The summed E-state index contributed by atoms with van der Waals surface area (Å²) in [5, 5.41) is 14.4. The Morgan fingerprint density at radius 3 is 2.69 bits per heavy atom. The van der Waals surface area contributed by atoms with Gasteiger partial charge in [0.25, 0.3) is 5.91 Å². The summed E-state index contributed by atoms with van der Waals surface area (Å²) in [7, 11) is 0. The highest BCUT2D eigenvalue weighted by Crippen LogP contribution is 2.28. The molecule has 2 aromatic carbocycles. The van der Waals surface area contributed by atoms with Gasteiger partial charge >= 0.3 is 6.09 Å². The van der Waals surface area contributed by atoms with Crippen molar-refractivity contribution >= 4 is 29.3 Å². The van der Waals surface area contributed by atoms with E-state index in [1.807, 2.05) is 0 Å². The number of carbonyl (C=O) groups is 3. The first-order valence-corrected chi connectivity index (χ1v) is 11.4. The van der Waals surface area contributed by atoms with Gasteiger partial charge in [-0.25, -0.2) is 14.6 Å². The molecular formula is C24H28FN5O5. The van der Waals surface area contributed by atoms with Crippen LogP contribution in [-0.4, -0.2) is 73.4 Å². The van der Waals surface area contributed by atoms with Gasteiger partial charge in [-0.05, 0) is 23.8 Å². The van der Waals surface area contributed by atoms with Crippen molar-refractivity contribution in [1.29, 1.82) is 0 Å².